The molecule has 1 rings (SSSR count). The first-order valence-corrected chi connectivity index (χ1v) is 5.93. The maximum Gasteiger partial charge on any atom is 0.334 e. The number of esters is 2. The number of allylic oxidation sites excluding steroid dienone is 1. The molecular weight excluding hydrogens is 232 g/mol. The van der Waals surface area contributed by atoms with Crippen molar-refractivity contribution in [3.05, 3.63) is 37.0 Å². The largest absolute Gasteiger partial charge is 0.461 e. The average molecular weight is 250 g/mol. The smallest absolute Gasteiger partial charge is 0.334 e. The summed E-state index contributed by atoms with van der Waals surface area (Å²) in [6, 6.07) is 0. The number of ether oxygens (including phenoxy) is 2. The van der Waals surface area contributed by atoms with Gasteiger partial charge in [-0.3, -0.25) is 4.79 Å². The van der Waals surface area contributed by atoms with Crippen molar-refractivity contribution in [1.29, 1.82) is 0 Å². The molecule has 0 saturated carbocycles. The van der Waals surface area contributed by atoms with Crippen molar-refractivity contribution in [2.45, 2.75) is 19.3 Å². The molecule has 0 spiro atoms. The van der Waals surface area contributed by atoms with Crippen LogP contribution in [0, 0.1) is 5.92 Å². The highest BCUT2D eigenvalue weighted by molar-refractivity contribution is 5.90. The van der Waals surface area contributed by atoms with Crippen molar-refractivity contribution < 1.29 is 19.1 Å². The Balaban J connectivity index is 2.51. The fourth-order valence-corrected chi connectivity index (χ4v) is 1.76. The van der Waals surface area contributed by atoms with E-state index in [9.17, 15) is 9.59 Å². The quantitative estimate of drug-likeness (QED) is 0.535. The van der Waals surface area contributed by atoms with Gasteiger partial charge in [-0.05, 0) is 19.3 Å². The first-order valence-electron chi connectivity index (χ1n) is 5.93. The molecule has 0 aromatic rings. The van der Waals surface area contributed by atoms with Crippen LogP contribution in [-0.4, -0.2) is 25.2 Å². The molecule has 0 radical (unpaired) electrons. The van der Waals surface area contributed by atoms with Crippen molar-refractivity contribution in [3.63, 3.8) is 0 Å². The summed E-state index contributed by atoms with van der Waals surface area (Å²) in [4.78, 5) is 23.3. The second-order valence-corrected chi connectivity index (χ2v) is 4.01. The van der Waals surface area contributed by atoms with Crippen LogP contribution >= 0.6 is 0 Å². The van der Waals surface area contributed by atoms with E-state index in [0.717, 1.165) is 0 Å². The van der Waals surface area contributed by atoms with E-state index < -0.39 is 0 Å². The van der Waals surface area contributed by atoms with Crippen LogP contribution in [0.3, 0.4) is 0 Å². The number of hydrogen-bond donors (Lipinski definition) is 0. The molecule has 1 aliphatic rings. The molecule has 0 bridgehead atoms. The Kier molecular flexibility index (Phi) is 5.91. The molecule has 0 aromatic carbocycles. The minimum Gasteiger partial charge on any atom is -0.461 e. The van der Waals surface area contributed by atoms with Crippen LogP contribution in [0.25, 0.3) is 0 Å². The van der Waals surface area contributed by atoms with E-state index >= 15 is 0 Å². The van der Waals surface area contributed by atoms with Crippen LogP contribution in [-0.2, 0) is 19.1 Å². The lowest BCUT2D eigenvalue weighted by atomic mass is 9.89. The van der Waals surface area contributed by atoms with E-state index in [1.54, 1.807) is 0 Å². The normalized spacial score (nSPS) is 18.4. The van der Waals surface area contributed by atoms with Gasteiger partial charge in [-0.15, -0.1) is 0 Å². The molecule has 18 heavy (non-hydrogen) atoms. The lowest BCUT2D eigenvalue weighted by molar-refractivity contribution is -0.147. The third-order valence-corrected chi connectivity index (χ3v) is 2.64. The van der Waals surface area contributed by atoms with Crippen molar-refractivity contribution in [2.24, 2.45) is 5.92 Å². The summed E-state index contributed by atoms with van der Waals surface area (Å²) in [6.45, 7) is 7.34. The van der Waals surface area contributed by atoms with Crippen LogP contribution in [0.5, 0.6) is 0 Å². The Bertz CT molecular complexity index is 368. The SMILES string of the molecule is C=CCOC(=O)C1=CCCC(C(=O)OCC=C)C1. The Labute approximate surface area is 107 Å². The van der Waals surface area contributed by atoms with Gasteiger partial charge in [-0.2, -0.15) is 0 Å². The standard InChI is InChI=1S/C14H18O4/c1-3-8-17-13(15)11-6-5-7-12(10-11)14(16)18-9-4-2/h3-4,6,12H,1-2,5,7-10H2. The van der Waals surface area contributed by atoms with Crippen LogP contribution < -0.4 is 0 Å². The maximum atomic E-state index is 11.7. The van der Waals surface area contributed by atoms with E-state index in [1.165, 1.54) is 12.2 Å². The fraction of sp³-hybridized carbons (Fsp3) is 0.429. The predicted octanol–water partition coefficient (Wildman–Crippen LogP) is 2.17. The zero-order valence-corrected chi connectivity index (χ0v) is 10.4. The molecule has 0 aromatic heterocycles. The molecule has 4 nitrogen and oxygen atoms in total. The van der Waals surface area contributed by atoms with Gasteiger partial charge in [-0.25, -0.2) is 4.79 Å². The van der Waals surface area contributed by atoms with Gasteiger partial charge in [0.25, 0.3) is 0 Å². The molecule has 0 aliphatic heterocycles. The number of rotatable bonds is 6. The summed E-state index contributed by atoms with van der Waals surface area (Å²) in [6.07, 6.45) is 6.63. The van der Waals surface area contributed by atoms with Gasteiger partial charge < -0.3 is 9.47 Å². The third kappa shape index (κ3) is 4.20. The van der Waals surface area contributed by atoms with Crippen LogP contribution in [0.2, 0.25) is 0 Å². The second-order valence-electron chi connectivity index (χ2n) is 4.01. The van der Waals surface area contributed by atoms with E-state index in [2.05, 4.69) is 13.2 Å². The average Bonchev–Trinajstić information content (AvgIpc) is 2.42. The third-order valence-electron chi connectivity index (χ3n) is 2.64. The maximum absolute atomic E-state index is 11.7. The number of carbonyl (C=O) groups is 2. The van der Waals surface area contributed by atoms with Gasteiger partial charge in [0.05, 0.1) is 5.92 Å². The van der Waals surface area contributed by atoms with Gasteiger partial charge in [0, 0.05) is 5.57 Å². The van der Waals surface area contributed by atoms with Crippen molar-refractivity contribution in [2.75, 3.05) is 13.2 Å². The highest BCUT2D eigenvalue weighted by atomic mass is 16.5. The van der Waals surface area contributed by atoms with E-state index in [1.807, 2.05) is 6.08 Å². The van der Waals surface area contributed by atoms with E-state index in [-0.39, 0.29) is 31.1 Å². The van der Waals surface area contributed by atoms with E-state index in [0.29, 0.717) is 24.8 Å². The molecule has 0 N–H and O–H groups in total. The molecular formula is C14H18O4. The molecule has 0 amide bonds. The zero-order valence-electron chi connectivity index (χ0n) is 10.4. The lowest BCUT2D eigenvalue weighted by Gasteiger charge is -2.20. The minimum atomic E-state index is -0.379. The Hall–Kier alpha value is -1.84. The monoisotopic (exact) mass is 250 g/mol. The molecule has 4 heteroatoms. The topological polar surface area (TPSA) is 52.6 Å². The van der Waals surface area contributed by atoms with Crippen molar-refractivity contribution in [1.82, 2.24) is 0 Å². The summed E-state index contributed by atoms with van der Waals surface area (Å²) in [5, 5.41) is 0. The minimum absolute atomic E-state index is 0.182. The van der Waals surface area contributed by atoms with E-state index in [4.69, 9.17) is 9.47 Å². The van der Waals surface area contributed by atoms with Gasteiger partial charge in [0.1, 0.15) is 13.2 Å². The van der Waals surface area contributed by atoms with Crippen LogP contribution in [0.4, 0.5) is 0 Å². The summed E-state index contributed by atoms with van der Waals surface area (Å²) in [5.74, 6) is -0.922. The van der Waals surface area contributed by atoms with Crippen LogP contribution in [0.1, 0.15) is 19.3 Å². The molecule has 0 fully saturated rings. The lowest BCUT2D eigenvalue weighted by Crippen LogP contribution is -2.23. The van der Waals surface area contributed by atoms with Crippen LogP contribution in [0.15, 0.2) is 37.0 Å². The Morgan fingerprint density at radius 3 is 2.61 bits per heavy atom. The van der Waals surface area contributed by atoms with Crippen molar-refractivity contribution >= 4 is 11.9 Å². The fourth-order valence-electron chi connectivity index (χ4n) is 1.76. The molecule has 0 heterocycles. The van der Waals surface area contributed by atoms with Gasteiger partial charge >= 0.3 is 11.9 Å². The molecule has 1 aliphatic carbocycles. The summed E-state index contributed by atoms with van der Waals surface area (Å²) in [7, 11) is 0. The van der Waals surface area contributed by atoms with Gasteiger partial charge in [0.2, 0.25) is 0 Å². The predicted molar refractivity (Wildman–Crippen MR) is 67.7 cm³/mol. The number of hydrogen-bond acceptors (Lipinski definition) is 4. The van der Waals surface area contributed by atoms with Gasteiger partial charge in [0.15, 0.2) is 0 Å². The summed E-state index contributed by atoms with van der Waals surface area (Å²) < 4.78 is 9.93. The number of carbonyl (C=O) groups excluding carboxylic acids is 2. The van der Waals surface area contributed by atoms with Gasteiger partial charge in [-0.1, -0.05) is 31.4 Å². The Morgan fingerprint density at radius 2 is 1.94 bits per heavy atom. The second kappa shape index (κ2) is 7.48. The first kappa shape index (κ1) is 14.2. The molecule has 1 unspecified atom stereocenters. The summed E-state index contributed by atoms with van der Waals surface area (Å²) >= 11 is 0. The first-order chi connectivity index (χ1) is 8.69. The molecule has 98 valence electrons. The zero-order chi connectivity index (χ0) is 13.4. The highest BCUT2D eigenvalue weighted by Crippen LogP contribution is 2.26. The van der Waals surface area contributed by atoms with Crippen molar-refractivity contribution in [3.8, 4) is 0 Å². The summed E-state index contributed by atoms with van der Waals surface area (Å²) in [5.41, 5.74) is 0.545. The molecule has 1 atom stereocenters. The highest BCUT2D eigenvalue weighted by Gasteiger charge is 2.27. The Morgan fingerprint density at radius 1 is 1.28 bits per heavy atom. The molecule has 0 saturated heterocycles.